The van der Waals surface area contributed by atoms with Gasteiger partial charge in [0.1, 0.15) is 23.9 Å². The normalized spacial score (nSPS) is 10.5. The van der Waals surface area contributed by atoms with Crippen LogP contribution < -0.4 is 10.5 Å². The molecule has 5 heteroatoms. The molecule has 0 spiro atoms. The average Bonchev–Trinajstić information content (AvgIpc) is 2.68. The van der Waals surface area contributed by atoms with Crippen LogP contribution in [0.5, 0.6) is 5.75 Å². The molecule has 0 aliphatic heterocycles. The van der Waals surface area contributed by atoms with Crippen LogP contribution in [-0.2, 0) is 13.2 Å². The summed E-state index contributed by atoms with van der Waals surface area (Å²) in [6.07, 6.45) is 3.38. The van der Waals surface area contributed by atoms with E-state index in [-0.39, 0.29) is 0 Å². The molecule has 17 heavy (non-hydrogen) atoms. The van der Waals surface area contributed by atoms with Crippen LogP contribution in [0.4, 0.5) is 0 Å². The van der Waals surface area contributed by atoms with Crippen molar-refractivity contribution in [2.24, 2.45) is 5.73 Å². The highest BCUT2D eigenvalue weighted by molar-refractivity contribution is 9.10. The molecule has 0 unspecified atom stereocenters. The molecule has 2 aromatic heterocycles. The summed E-state index contributed by atoms with van der Waals surface area (Å²) in [6, 6.07) is 3.78. The quantitative estimate of drug-likeness (QED) is 0.942. The zero-order valence-electron chi connectivity index (χ0n) is 9.44. The Balaban J connectivity index is 2.04. The fraction of sp³-hybridized carbons (Fsp3) is 0.250. The van der Waals surface area contributed by atoms with Gasteiger partial charge in [0.15, 0.2) is 0 Å². The molecule has 0 aliphatic carbocycles. The van der Waals surface area contributed by atoms with Crippen LogP contribution in [0.25, 0.3) is 0 Å². The molecule has 0 bridgehead atoms. The van der Waals surface area contributed by atoms with E-state index >= 15 is 0 Å². The lowest BCUT2D eigenvalue weighted by molar-refractivity contribution is 0.301. The van der Waals surface area contributed by atoms with Crippen LogP contribution >= 0.6 is 15.9 Å². The molecule has 2 rings (SSSR count). The number of furan rings is 1. The number of pyridine rings is 1. The second-order valence-corrected chi connectivity index (χ2v) is 4.54. The lowest BCUT2D eigenvalue weighted by atomic mass is 10.2. The Labute approximate surface area is 108 Å². The lowest BCUT2D eigenvalue weighted by Crippen LogP contribution is -1.96. The van der Waals surface area contributed by atoms with E-state index in [1.54, 1.807) is 12.4 Å². The van der Waals surface area contributed by atoms with Crippen LogP contribution in [-0.4, -0.2) is 4.98 Å². The number of aryl methyl sites for hydroxylation is 1. The van der Waals surface area contributed by atoms with E-state index in [0.29, 0.717) is 18.9 Å². The van der Waals surface area contributed by atoms with Gasteiger partial charge >= 0.3 is 0 Å². The van der Waals surface area contributed by atoms with Gasteiger partial charge in [-0.3, -0.25) is 4.98 Å². The number of aromatic nitrogens is 1. The third-order valence-corrected chi connectivity index (χ3v) is 2.78. The fourth-order valence-electron chi connectivity index (χ4n) is 1.46. The first-order valence-corrected chi connectivity index (χ1v) is 6.00. The zero-order chi connectivity index (χ0) is 12.3. The number of hydrogen-bond acceptors (Lipinski definition) is 4. The molecule has 0 aromatic carbocycles. The Bertz CT molecular complexity index is 511. The Morgan fingerprint density at radius 2 is 2.24 bits per heavy atom. The van der Waals surface area contributed by atoms with Gasteiger partial charge in [-0.15, -0.1) is 0 Å². The summed E-state index contributed by atoms with van der Waals surface area (Å²) in [5.74, 6) is 2.33. The zero-order valence-corrected chi connectivity index (χ0v) is 11.0. The van der Waals surface area contributed by atoms with Gasteiger partial charge in [-0.1, -0.05) is 0 Å². The Morgan fingerprint density at radius 3 is 2.88 bits per heavy atom. The molecule has 0 saturated carbocycles. The summed E-state index contributed by atoms with van der Waals surface area (Å²) in [6.45, 7) is 2.75. The van der Waals surface area contributed by atoms with Crippen molar-refractivity contribution >= 4 is 15.9 Å². The number of hydrogen-bond donors (Lipinski definition) is 1. The van der Waals surface area contributed by atoms with E-state index in [1.165, 1.54) is 0 Å². The third-order valence-electron chi connectivity index (χ3n) is 2.35. The van der Waals surface area contributed by atoms with Gasteiger partial charge in [0.25, 0.3) is 0 Å². The molecule has 0 amide bonds. The van der Waals surface area contributed by atoms with Gasteiger partial charge in [0.2, 0.25) is 0 Å². The van der Waals surface area contributed by atoms with Crippen molar-refractivity contribution in [1.82, 2.24) is 4.98 Å². The Morgan fingerprint density at radius 1 is 1.41 bits per heavy atom. The third kappa shape index (κ3) is 3.08. The van der Waals surface area contributed by atoms with Crippen molar-refractivity contribution in [1.29, 1.82) is 0 Å². The summed E-state index contributed by atoms with van der Waals surface area (Å²) in [5, 5.41) is 0. The summed E-state index contributed by atoms with van der Waals surface area (Å²) < 4.78 is 12.0. The first-order chi connectivity index (χ1) is 8.19. The van der Waals surface area contributed by atoms with E-state index in [9.17, 15) is 0 Å². The van der Waals surface area contributed by atoms with E-state index in [4.69, 9.17) is 14.9 Å². The van der Waals surface area contributed by atoms with E-state index in [2.05, 4.69) is 20.9 Å². The van der Waals surface area contributed by atoms with E-state index < -0.39 is 0 Å². The topological polar surface area (TPSA) is 61.3 Å². The van der Waals surface area contributed by atoms with Crippen LogP contribution in [0.3, 0.4) is 0 Å². The van der Waals surface area contributed by atoms with E-state index in [1.807, 2.05) is 19.1 Å². The molecule has 90 valence electrons. The molecular formula is C12H13BrN2O2. The molecule has 0 fully saturated rings. The van der Waals surface area contributed by atoms with Gasteiger partial charge in [-0.05, 0) is 35.0 Å². The minimum absolute atomic E-state index is 0.402. The van der Waals surface area contributed by atoms with Crippen LogP contribution in [0, 0.1) is 6.92 Å². The second-order valence-electron chi connectivity index (χ2n) is 3.63. The highest BCUT2D eigenvalue weighted by atomic mass is 79.9. The standard InChI is InChI=1S/C12H13BrN2O2/c1-8-9(2-11(4-14)17-8)7-16-12-3-10(13)5-15-6-12/h2-3,5-6H,4,7,14H2,1H3. The molecule has 0 aliphatic rings. The van der Waals surface area contributed by atoms with Crippen LogP contribution in [0.1, 0.15) is 17.1 Å². The summed E-state index contributed by atoms with van der Waals surface area (Å²) in [7, 11) is 0. The highest BCUT2D eigenvalue weighted by Crippen LogP contribution is 2.19. The first-order valence-electron chi connectivity index (χ1n) is 5.20. The summed E-state index contributed by atoms with van der Waals surface area (Å²) in [5.41, 5.74) is 6.51. The van der Waals surface area contributed by atoms with Crippen LogP contribution in [0.2, 0.25) is 0 Å². The van der Waals surface area contributed by atoms with Crippen LogP contribution in [0.15, 0.2) is 33.4 Å². The van der Waals surface area contributed by atoms with Crippen molar-refractivity contribution in [2.75, 3.05) is 0 Å². The van der Waals surface area contributed by atoms with Crippen molar-refractivity contribution in [3.8, 4) is 5.75 Å². The molecule has 0 saturated heterocycles. The second kappa shape index (κ2) is 5.33. The van der Waals surface area contributed by atoms with Gasteiger partial charge in [-0.2, -0.15) is 0 Å². The van der Waals surface area contributed by atoms with Gasteiger partial charge in [-0.25, -0.2) is 0 Å². The van der Waals surface area contributed by atoms with Crippen molar-refractivity contribution in [3.63, 3.8) is 0 Å². The largest absolute Gasteiger partial charge is 0.487 e. The van der Waals surface area contributed by atoms with Crippen molar-refractivity contribution < 1.29 is 9.15 Å². The number of halogens is 1. The minimum atomic E-state index is 0.402. The van der Waals surface area contributed by atoms with Gasteiger partial charge < -0.3 is 14.9 Å². The number of ether oxygens (including phenoxy) is 1. The minimum Gasteiger partial charge on any atom is -0.487 e. The van der Waals surface area contributed by atoms with E-state index in [0.717, 1.165) is 21.6 Å². The maximum absolute atomic E-state index is 5.62. The maximum atomic E-state index is 5.62. The number of nitrogens with two attached hydrogens (primary N) is 1. The van der Waals surface area contributed by atoms with Crippen molar-refractivity contribution in [2.45, 2.75) is 20.1 Å². The molecule has 0 radical (unpaired) electrons. The average molecular weight is 297 g/mol. The molecule has 4 nitrogen and oxygen atoms in total. The summed E-state index contributed by atoms with van der Waals surface area (Å²) >= 11 is 3.34. The molecular weight excluding hydrogens is 284 g/mol. The monoisotopic (exact) mass is 296 g/mol. The summed E-state index contributed by atoms with van der Waals surface area (Å²) in [4.78, 5) is 4.02. The Kier molecular flexibility index (Phi) is 3.81. The van der Waals surface area contributed by atoms with Crippen molar-refractivity contribution in [3.05, 3.63) is 46.1 Å². The highest BCUT2D eigenvalue weighted by Gasteiger charge is 2.07. The predicted molar refractivity (Wildman–Crippen MR) is 67.6 cm³/mol. The molecule has 2 heterocycles. The van der Waals surface area contributed by atoms with Gasteiger partial charge in [0, 0.05) is 16.2 Å². The van der Waals surface area contributed by atoms with Gasteiger partial charge in [0.05, 0.1) is 12.7 Å². The molecule has 2 N–H and O–H groups in total. The Hall–Kier alpha value is -1.33. The number of nitrogens with zero attached hydrogens (tertiary/aromatic N) is 1. The molecule has 0 atom stereocenters. The fourth-order valence-corrected chi connectivity index (χ4v) is 1.81. The predicted octanol–water partition coefficient (Wildman–Crippen LogP) is 2.78. The maximum Gasteiger partial charge on any atom is 0.139 e. The lowest BCUT2D eigenvalue weighted by Gasteiger charge is -2.04. The first kappa shape index (κ1) is 12.1. The molecule has 2 aromatic rings. The smallest absolute Gasteiger partial charge is 0.139 e. The number of rotatable bonds is 4. The SMILES string of the molecule is Cc1oc(CN)cc1COc1cncc(Br)c1.